The molecule has 3 fully saturated rings. The average Bonchev–Trinajstić information content (AvgIpc) is 2.99. The Bertz CT molecular complexity index is 672. The van der Waals surface area contributed by atoms with Crippen molar-refractivity contribution in [2.75, 3.05) is 13.2 Å². The zero-order valence-corrected chi connectivity index (χ0v) is 18.8. The van der Waals surface area contributed by atoms with Crippen LogP contribution in [-0.2, 0) is 9.47 Å². The van der Waals surface area contributed by atoms with E-state index in [2.05, 4.69) is 40.0 Å². The molecule has 0 bridgehead atoms. The zero-order chi connectivity index (χ0) is 22.1. The number of allylic oxidation sites excluding steroid dienone is 4. The minimum Gasteiger partial charge on any atom is -0.394 e. The van der Waals surface area contributed by atoms with Crippen LogP contribution in [0, 0.1) is 22.7 Å². The van der Waals surface area contributed by atoms with Gasteiger partial charge in [0.15, 0.2) is 6.29 Å². The molecule has 1 aliphatic heterocycles. The first kappa shape index (κ1) is 23.7. The lowest BCUT2D eigenvalue weighted by atomic mass is 9.47. The smallest absolute Gasteiger partial charge is 0.186 e. The molecule has 0 aromatic heterocycles. The fraction of sp³-hybridized carbons (Fsp3) is 0.760. The summed E-state index contributed by atoms with van der Waals surface area (Å²) < 4.78 is 11.6. The molecule has 3 N–H and O–H groups in total. The summed E-state index contributed by atoms with van der Waals surface area (Å²) in [5, 5.41) is 29.6. The van der Waals surface area contributed by atoms with Gasteiger partial charge in [-0.05, 0) is 61.7 Å². The maximum atomic E-state index is 10.2. The Balaban J connectivity index is 1.75. The number of rotatable bonds is 7. The first-order valence-electron chi connectivity index (χ1n) is 11.4. The molecule has 3 aliphatic rings. The van der Waals surface area contributed by atoms with Crippen LogP contribution < -0.4 is 0 Å². The van der Waals surface area contributed by atoms with Gasteiger partial charge in [0, 0.05) is 0 Å². The number of ether oxygens (including phenoxy) is 2. The van der Waals surface area contributed by atoms with E-state index in [0.29, 0.717) is 18.4 Å². The Morgan fingerprint density at radius 1 is 1.27 bits per heavy atom. The van der Waals surface area contributed by atoms with Gasteiger partial charge in [-0.2, -0.15) is 0 Å². The van der Waals surface area contributed by atoms with E-state index in [1.807, 2.05) is 6.08 Å². The summed E-state index contributed by atoms with van der Waals surface area (Å²) in [6.45, 7) is 15.3. The quantitative estimate of drug-likeness (QED) is 0.432. The SMILES string of the molecule is C=C/C(C)=C\C[C@@H]1C(=C)CC[C@H]2[C@@](C)(CO[C@@H]3O[C@@H](CO)[C@H](O)[C@H]3O)CCC[C@@]12C. The van der Waals surface area contributed by atoms with E-state index in [1.54, 1.807) is 0 Å². The van der Waals surface area contributed by atoms with Gasteiger partial charge in [0.1, 0.15) is 18.3 Å². The van der Waals surface area contributed by atoms with Crippen molar-refractivity contribution in [1.29, 1.82) is 0 Å². The number of hydrogen-bond donors (Lipinski definition) is 3. The van der Waals surface area contributed by atoms with E-state index in [4.69, 9.17) is 9.47 Å². The Hall–Kier alpha value is -0.980. The van der Waals surface area contributed by atoms with Crippen LogP contribution in [0.4, 0.5) is 0 Å². The van der Waals surface area contributed by atoms with Crippen molar-refractivity contribution >= 4 is 0 Å². The third-order valence-electron chi connectivity index (χ3n) is 8.22. The fourth-order valence-corrected chi connectivity index (χ4v) is 6.35. The monoisotopic (exact) mass is 420 g/mol. The van der Waals surface area contributed by atoms with Crippen molar-refractivity contribution in [2.45, 2.75) is 83.9 Å². The summed E-state index contributed by atoms with van der Waals surface area (Å²) in [4.78, 5) is 0. The van der Waals surface area contributed by atoms with Gasteiger partial charge in [-0.1, -0.05) is 56.7 Å². The van der Waals surface area contributed by atoms with Crippen LogP contribution in [0.5, 0.6) is 0 Å². The highest BCUT2D eigenvalue weighted by molar-refractivity contribution is 5.20. The molecule has 2 saturated carbocycles. The molecule has 1 saturated heterocycles. The molecule has 0 aromatic carbocycles. The first-order valence-corrected chi connectivity index (χ1v) is 11.4. The van der Waals surface area contributed by atoms with E-state index >= 15 is 0 Å². The predicted octanol–water partition coefficient (Wildman–Crippen LogP) is 3.74. The van der Waals surface area contributed by atoms with Gasteiger partial charge in [0.05, 0.1) is 13.2 Å². The summed E-state index contributed by atoms with van der Waals surface area (Å²) in [6.07, 6.45) is 6.79. The van der Waals surface area contributed by atoms with Crippen LogP contribution in [0.15, 0.2) is 36.5 Å². The van der Waals surface area contributed by atoms with Crippen LogP contribution in [-0.4, -0.2) is 53.1 Å². The molecule has 0 amide bonds. The summed E-state index contributed by atoms with van der Waals surface area (Å²) in [6, 6.07) is 0. The normalized spacial score (nSPS) is 44.7. The Morgan fingerprint density at radius 2 is 2.00 bits per heavy atom. The Morgan fingerprint density at radius 3 is 2.63 bits per heavy atom. The van der Waals surface area contributed by atoms with E-state index in [0.717, 1.165) is 32.1 Å². The molecule has 2 aliphatic carbocycles. The molecule has 5 nitrogen and oxygen atoms in total. The van der Waals surface area contributed by atoms with Gasteiger partial charge in [-0.3, -0.25) is 0 Å². The summed E-state index contributed by atoms with van der Waals surface area (Å²) in [7, 11) is 0. The lowest BCUT2D eigenvalue weighted by molar-refractivity contribution is -0.201. The first-order chi connectivity index (χ1) is 14.2. The fourth-order valence-electron chi connectivity index (χ4n) is 6.35. The van der Waals surface area contributed by atoms with E-state index in [1.165, 1.54) is 17.6 Å². The Labute approximate surface area is 181 Å². The largest absolute Gasteiger partial charge is 0.394 e. The third-order valence-corrected chi connectivity index (χ3v) is 8.22. The molecule has 8 atom stereocenters. The van der Waals surface area contributed by atoms with Gasteiger partial charge in [0.2, 0.25) is 0 Å². The molecule has 5 heteroatoms. The van der Waals surface area contributed by atoms with Crippen molar-refractivity contribution in [1.82, 2.24) is 0 Å². The molecular weight excluding hydrogens is 380 g/mol. The van der Waals surface area contributed by atoms with Gasteiger partial charge in [-0.15, -0.1) is 0 Å². The molecule has 3 rings (SSSR count). The number of aliphatic hydroxyl groups is 3. The van der Waals surface area contributed by atoms with Crippen molar-refractivity contribution in [2.24, 2.45) is 22.7 Å². The molecule has 0 aromatic rings. The second-order valence-corrected chi connectivity index (χ2v) is 10.2. The maximum absolute atomic E-state index is 10.2. The van der Waals surface area contributed by atoms with Crippen LogP contribution in [0.25, 0.3) is 0 Å². The minimum atomic E-state index is -1.13. The lowest BCUT2D eigenvalue weighted by Gasteiger charge is -2.58. The average molecular weight is 421 g/mol. The van der Waals surface area contributed by atoms with Crippen LogP contribution >= 0.6 is 0 Å². The van der Waals surface area contributed by atoms with E-state index < -0.39 is 24.6 Å². The molecular formula is C25H40O5. The van der Waals surface area contributed by atoms with Crippen molar-refractivity contribution in [3.63, 3.8) is 0 Å². The molecule has 0 radical (unpaired) electrons. The molecule has 0 unspecified atom stereocenters. The third kappa shape index (κ3) is 4.33. The summed E-state index contributed by atoms with van der Waals surface area (Å²) >= 11 is 0. The number of hydrogen-bond acceptors (Lipinski definition) is 5. The topological polar surface area (TPSA) is 79.2 Å². The molecule has 0 spiro atoms. The van der Waals surface area contributed by atoms with Gasteiger partial charge in [0.25, 0.3) is 0 Å². The van der Waals surface area contributed by atoms with Gasteiger partial charge in [-0.25, -0.2) is 0 Å². The highest BCUT2D eigenvalue weighted by Gasteiger charge is 2.55. The highest BCUT2D eigenvalue weighted by atomic mass is 16.7. The van der Waals surface area contributed by atoms with E-state index in [9.17, 15) is 15.3 Å². The molecule has 30 heavy (non-hydrogen) atoms. The van der Waals surface area contributed by atoms with Crippen LogP contribution in [0.2, 0.25) is 0 Å². The zero-order valence-electron chi connectivity index (χ0n) is 18.8. The number of aliphatic hydroxyl groups excluding tert-OH is 3. The minimum absolute atomic E-state index is 0.0333. The predicted molar refractivity (Wildman–Crippen MR) is 118 cm³/mol. The second kappa shape index (κ2) is 9.25. The molecule has 170 valence electrons. The summed E-state index contributed by atoms with van der Waals surface area (Å²) in [5.41, 5.74) is 2.69. The second-order valence-electron chi connectivity index (χ2n) is 10.2. The standard InChI is InChI=1S/C25H40O5/c1-6-16(2)8-10-18-17(3)9-11-20-24(4,12-7-13-25(18,20)5)15-29-23-22(28)21(27)19(14-26)30-23/h6,8,18-23,26-28H,1,3,7,9-15H2,2,4-5H3/b16-8-/t18-,19+,20+,21+,22-,23-,24-,25+/m1/s1. The van der Waals surface area contributed by atoms with E-state index in [-0.39, 0.29) is 17.4 Å². The van der Waals surface area contributed by atoms with Crippen molar-refractivity contribution in [3.8, 4) is 0 Å². The Kier molecular flexibility index (Phi) is 7.30. The van der Waals surface area contributed by atoms with Crippen molar-refractivity contribution < 1.29 is 24.8 Å². The number of fused-ring (bicyclic) bond motifs is 1. The molecule has 1 heterocycles. The summed E-state index contributed by atoms with van der Waals surface area (Å²) in [5.74, 6) is 0.934. The van der Waals surface area contributed by atoms with Gasteiger partial charge < -0.3 is 24.8 Å². The lowest BCUT2D eigenvalue weighted by Crippen LogP contribution is -2.52. The highest BCUT2D eigenvalue weighted by Crippen LogP contribution is 2.62. The van der Waals surface area contributed by atoms with Crippen LogP contribution in [0.3, 0.4) is 0 Å². The van der Waals surface area contributed by atoms with Crippen molar-refractivity contribution in [3.05, 3.63) is 36.5 Å². The van der Waals surface area contributed by atoms with Crippen LogP contribution in [0.1, 0.15) is 59.3 Å². The van der Waals surface area contributed by atoms with Gasteiger partial charge >= 0.3 is 0 Å². The maximum Gasteiger partial charge on any atom is 0.186 e.